The predicted molar refractivity (Wildman–Crippen MR) is 299 cm³/mol. The molecule has 1 aliphatic heterocycles. The lowest BCUT2D eigenvalue weighted by atomic mass is 9.85. The minimum Gasteiger partial charge on any atom is -0.494 e. The van der Waals surface area contributed by atoms with E-state index in [9.17, 15) is 33.9 Å². The molecule has 81 heavy (non-hydrogen) atoms. The number of rotatable bonds is 31. The van der Waals surface area contributed by atoms with Gasteiger partial charge in [-0.25, -0.2) is 9.97 Å². The van der Waals surface area contributed by atoms with Gasteiger partial charge in [0.1, 0.15) is 18.4 Å². The van der Waals surface area contributed by atoms with Gasteiger partial charge in [-0.3, -0.25) is 33.4 Å². The first-order valence-corrected chi connectivity index (χ1v) is 27.8. The highest BCUT2D eigenvalue weighted by atomic mass is 32.1. The Balaban J connectivity index is 0.714. The number of carbonyl (C=O) groups excluding carboxylic acids is 6. The summed E-state index contributed by atoms with van der Waals surface area (Å²) in [7, 11) is 2.98. The van der Waals surface area contributed by atoms with Gasteiger partial charge in [-0.05, 0) is 48.4 Å². The quantitative estimate of drug-likeness (QED) is 0.0313. The number of likely N-dealkylation sites (tertiary alicyclic amines) is 1. The Morgan fingerprint density at radius 3 is 2.14 bits per heavy atom. The molecule has 5 aromatic rings. The highest BCUT2D eigenvalue weighted by Gasteiger charge is 2.44. The molecule has 1 aliphatic carbocycles. The van der Waals surface area contributed by atoms with Crippen LogP contribution in [-0.2, 0) is 56.0 Å². The molecule has 1 saturated carbocycles. The number of amides is 6. The van der Waals surface area contributed by atoms with Crippen LogP contribution in [0, 0.1) is 18.3 Å². The van der Waals surface area contributed by atoms with Gasteiger partial charge in [0.2, 0.25) is 29.5 Å². The number of aryl methyl sites for hydroxylation is 1. The van der Waals surface area contributed by atoms with Crippen LogP contribution in [0.2, 0.25) is 0 Å². The lowest BCUT2D eigenvalue weighted by Crippen LogP contribution is -2.57. The van der Waals surface area contributed by atoms with Gasteiger partial charge < -0.3 is 65.6 Å². The average molecular weight is 1140 g/mol. The Bertz CT molecular complexity index is 2930. The van der Waals surface area contributed by atoms with Crippen molar-refractivity contribution in [2.24, 2.45) is 11.3 Å². The van der Waals surface area contributed by atoms with E-state index in [0.29, 0.717) is 61.4 Å². The predicted octanol–water partition coefficient (Wildman–Crippen LogP) is 3.40. The van der Waals surface area contributed by atoms with E-state index in [1.807, 2.05) is 52.0 Å². The number of hydrogen-bond donors (Lipinski definition) is 7. The highest BCUT2D eigenvalue weighted by molar-refractivity contribution is 7.13. The zero-order valence-corrected chi connectivity index (χ0v) is 47.4. The molecule has 6 amide bonds. The summed E-state index contributed by atoms with van der Waals surface area (Å²) in [4.78, 5) is 89.2. The second-order valence-corrected chi connectivity index (χ2v) is 21.3. The van der Waals surface area contributed by atoms with Crippen molar-refractivity contribution < 1.29 is 57.6 Å². The van der Waals surface area contributed by atoms with Crippen molar-refractivity contribution in [1.82, 2.24) is 56.1 Å². The molecular weight excluding hydrogens is 1070 g/mol. The van der Waals surface area contributed by atoms with Crippen molar-refractivity contribution in [2.75, 3.05) is 90.7 Å². The topological polar surface area (TPSA) is 314 Å². The Morgan fingerprint density at radius 2 is 1.51 bits per heavy atom. The second kappa shape index (κ2) is 29.8. The number of thiazole rings is 1. The fourth-order valence-corrected chi connectivity index (χ4v) is 9.43. The zero-order chi connectivity index (χ0) is 57.9. The molecule has 0 spiro atoms. The van der Waals surface area contributed by atoms with Crippen LogP contribution in [0.4, 0.5) is 17.2 Å². The van der Waals surface area contributed by atoms with Crippen molar-refractivity contribution in [3.63, 3.8) is 0 Å². The third-order valence-corrected chi connectivity index (χ3v) is 14.1. The lowest BCUT2D eigenvalue weighted by molar-refractivity contribution is -0.144. The number of aliphatic hydroxyl groups is 1. The van der Waals surface area contributed by atoms with Gasteiger partial charge in [0.05, 0.1) is 106 Å². The molecule has 7 rings (SSSR count). The fraction of sp³-hybridized carbons (Fsp3) is 0.509. The normalized spacial score (nSPS) is 15.4. The minimum atomic E-state index is -0.951. The van der Waals surface area contributed by atoms with Gasteiger partial charge in [0.15, 0.2) is 23.1 Å². The SMILES string of the molecule is CNC(=O)c1nnc(NC(=O)C2CC2)cc1Nc1cccc(-c2ncn(CCNC(=O)CCOCCOCCOCCOCCC(=O)N[C@H](C(=O)N3C[C@H](O)C[C@H]3C(=O)NCc3ccc(-c4scnc4C)cc3)C(C)(C)C)n2)c1OC. The molecule has 4 heterocycles. The molecule has 2 aliphatic rings. The number of benzene rings is 2. The van der Waals surface area contributed by atoms with E-state index in [4.69, 9.17) is 23.7 Å². The third-order valence-electron chi connectivity index (χ3n) is 13.1. The summed E-state index contributed by atoms with van der Waals surface area (Å²) in [5.74, 6) is -1.12. The summed E-state index contributed by atoms with van der Waals surface area (Å²) in [6.07, 6.45) is 2.54. The maximum atomic E-state index is 14.0. The van der Waals surface area contributed by atoms with Crippen LogP contribution in [0.15, 0.2) is 60.4 Å². The molecule has 26 heteroatoms. The number of nitrogens with one attached hydrogen (secondary N) is 6. The number of β-amino-alcohol motifs (C(OH)–C–C–N with tert-alkyl or cyclic N) is 1. The summed E-state index contributed by atoms with van der Waals surface area (Å²) >= 11 is 1.56. The van der Waals surface area contributed by atoms with E-state index >= 15 is 0 Å². The van der Waals surface area contributed by atoms with Gasteiger partial charge >= 0.3 is 0 Å². The van der Waals surface area contributed by atoms with Gasteiger partial charge in [-0.1, -0.05) is 51.1 Å². The average Bonchev–Trinajstić information content (AvgIpc) is 3.87. The van der Waals surface area contributed by atoms with Crippen molar-refractivity contribution in [3.05, 3.63) is 77.3 Å². The van der Waals surface area contributed by atoms with Gasteiger partial charge in [-0.15, -0.1) is 21.5 Å². The zero-order valence-electron chi connectivity index (χ0n) is 46.6. The van der Waals surface area contributed by atoms with Crippen molar-refractivity contribution in [3.8, 4) is 27.6 Å². The molecule has 2 fully saturated rings. The summed E-state index contributed by atoms with van der Waals surface area (Å²) in [5.41, 5.74) is 5.35. The molecule has 0 unspecified atom stereocenters. The Labute approximate surface area is 474 Å². The Morgan fingerprint density at radius 1 is 0.827 bits per heavy atom. The number of para-hydroxylation sites is 1. The first-order valence-electron chi connectivity index (χ1n) is 26.9. The number of carbonyl (C=O) groups is 6. The Kier molecular flexibility index (Phi) is 22.5. The van der Waals surface area contributed by atoms with E-state index in [-0.39, 0.29) is 106 Å². The fourth-order valence-electron chi connectivity index (χ4n) is 8.61. The summed E-state index contributed by atoms with van der Waals surface area (Å²) in [5, 5.41) is 40.3. The summed E-state index contributed by atoms with van der Waals surface area (Å²) < 4.78 is 29.7. The maximum absolute atomic E-state index is 14.0. The summed E-state index contributed by atoms with van der Waals surface area (Å²) in [6.45, 7) is 10.4. The van der Waals surface area contributed by atoms with Crippen LogP contribution in [0.25, 0.3) is 21.8 Å². The largest absolute Gasteiger partial charge is 0.494 e. The molecular formula is C55H73N13O12S. The van der Waals surface area contributed by atoms with Crippen LogP contribution in [0.1, 0.15) is 74.6 Å². The van der Waals surface area contributed by atoms with Crippen LogP contribution >= 0.6 is 11.3 Å². The van der Waals surface area contributed by atoms with Crippen LogP contribution in [-0.4, -0.2) is 174 Å². The smallest absolute Gasteiger partial charge is 0.273 e. The van der Waals surface area contributed by atoms with Crippen LogP contribution in [0.3, 0.4) is 0 Å². The molecule has 25 nitrogen and oxygen atoms in total. The van der Waals surface area contributed by atoms with Gasteiger partial charge in [0.25, 0.3) is 5.91 Å². The molecule has 0 radical (unpaired) electrons. The molecule has 0 bridgehead atoms. The van der Waals surface area contributed by atoms with Gasteiger partial charge in [-0.2, -0.15) is 5.10 Å². The number of hydrogen-bond acceptors (Lipinski definition) is 19. The van der Waals surface area contributed by atoms with E-state index in [1.165, 1.54) is 25.1 Å². The monoisotopic (exact) mass is 1140 g/mol. The van der Waals surface area contributed by atoms with Crippen molar-refractivity contribution >= 4 is 64.0 Å². The molecule has 436 valence electrons. The van der Waals surface area contributed by atoms with Crippen LogP contribution in [0.5, 0.6) is 5.75 Å². The van der Waals surface area contributed by atoms with E-state index < -0.39 is 35.4 Å². The van der Waals surface area contributed by atoms with Crippen molar-refractivity contribution in [2.45, 2.75) is 91.1 Å². The van der Waals surface area contributed by atoms with Gasteiger partial charge in [0, 0.05) is 57.9 Å². The summed E-state index contributed by atoms with van der Waals surface area (Å²) in [6, 6.07) is 12.9. The standard InChI is InChI=1S/C55H73N13O12S/c1-34-48(81-33-60-34)36-12-10-35(11-13-36)30-58-52(73)42-28-38(69)31-68(42)54(75)49(55(2,3)4)63-45(71)17-21-78-23-25-80-27-26-79-24-22-77-20-16-44(70)57-18-19-67-32-59-50(66-67)39-8-7-9-40(47(39)76-6)61-41-29-43(62-51(72)37-14-15-37)64-65-46(41)53(74)56-5/h7-13,29,32-33,37-38,42,49,69H,14-28,30-31H2,1-6H3,(H,56,74)(H,57,70)(H,58,73)(H,63,71)(H2,61,62,64,72)/t38-,42+,49-/m1/s1. The number of ether oxygens (including phenoxy) is 5. The highest BCUT2D eigenvalue weighted by Crippen LogP contribution is 2.38. The first-order chi connectivity index (χ1) is 39.0. The second-order valence-electron chi connectivity index (χ2n) is 20.4. The molecule has 1 saturated heterocycles. The third kappa shape index (κ3) is 18.0. The van der Waals surface area contributed by atoms with E-state index in [1.54, 1.807) is 46.1 Å². The minimum absolute atomic E-state index is 0.000113. The van der Waals surface area contributed by atoms with Crippen molar-refractivity contribution in [1.29, 1.82) is 0 Å². The molecule has 2 aromatic carbocycles. The number of anilines is 3. The molecule has 7 N–H and O–H groups in total. The molecule has 3 atom stereocenters. The van der Waals surface area contributed by atoms with E-state index in [0.717, 1.165) is 34.5 Å². The number of aliphatic hydroxyl groups excluding tert-OH is 1. The van der Waals surface area contributed by atoms with Crippen LogP contribution < -0.4 is 36.6 Å². The number of methoxy groups -OCH3 is 1. The molecule has 3 aromatic heterocycles. The Hall–Kier alpha value is -7.49. The van der Waals surface area contributed by atoms with E-state index in [2.05, 4.69) is 57.2 Å². The maximum Gasteiger partial charge on any atom is 0.273 e. The number of nitrogens with zero attached hydrogens (tertiary/aromatic N) is 7. The number of aromatic nitrogens is 6. The lowest BCUT2D eigenvalue weighted by Gasteiger charge is -2.35. The first kappa shape index (κ1) is 61.1.